The van der Waals surface area contributed by atoms with Crippen LogP contribution >= 0.6 is 11.8 Å². The van der Waals surface area contributed by atoms with Gasteiger partial charge in [-0.15, -0.1) is 0 Å². The van der Waals surface area contributed by atoms with Gasteiger partial charge in [-0.3, -0.25) is 33.6 Å². The Morgan fingerprint density at radius 3 is 2.54 bits per heavy atom. The Hall–Kier alpha value is -3.02. The van der Waals surface area contributed by atoms with Gasteiger partial charge in [0.05, 0.1) is 17.7 Å². The highest BCUT2D eigenvalue weighted by Crippen LogP contribution is 2.40. The number of aryl methyl sites for hydroxylation is 1. The number of rotatable bonds is 10. The lowest BCUT2D eigenvalue weighted by molar-refractivity contribution is -0.136. The Bertz CT molecular complexity index is 1370. The summed E-state index contributed by atoms with van der Waals surface area (Å²) in [6.45, 7) is 3.96. The van der Waals surface area contributed by atoms with E-state index in [9.17, 15) is 27.6 Å². The number of hydrogen-bond donors (Lipinski definition) is 1. The zero-order chi connectivity index (χ0) is 26.7. The van der Waals surface area contributed by atoms with Crippen LogP contribution in [0.15, 0.2) is 51.1 Å². The number of unbranched alkanes of at least 4 members (excludes halogenated alkanes) is 3. The van der Waals surface area contributed by atoms with E-state index in [4.69, 9.17) is 4.18 Å². The highest BCUT2D eigenvalue weighted by atomic mass is 32.2. The number of hydrogen-bond acceptors (Lipinski definition) is 8. The third-order valence-corrected chi connectivity index (χ3v) is 8.87. The minimum atomic E-state index is -4.06. The van der Waals surface area contributed by atoms with Gasteiger partial charge in [0.15, 0.2) is 0 Å². The van der Waals surface area contributed by atoms with Crippen LogP contribution in [0, 0.1) is 6.92 Å². The standard InChI is InChI=1S/C26H28N2O7S2/c1-3-4-5-6-14-35-37(33,34)21-12-10-16(2)15-20(21)36-19-9-7-8-17-23(19)26(32)28(25(17)31)18-11-13-22(29)27-24(18)30/h7-10,12,15,18H,3-6,11,13-14H2,1-2H3,(H,27,29,30). The molecule has 0 spiro atoms. The highest BCUT2D eigenvalue weighted by molar-refractivity contribution is 8.00. The van der Waals surface area contributed by atoms with Gasteiger partial charge in [0.1, 0.15) is 10.9 Å². The van der Waals surface area contributed by atoms with Crippen molar-refractivity contribution in [1.82, 2.24) is 10.2 Å². The first kappa shape index (κ1) is 27.0. The molecular formula is C26H28N2O7S2. The third kappa shape index (κ3) is 5.63. The van der Waals surface area contributed by atoms with E-state index in [1.165, 1.54) is 12.1 Å². The Labute approximate surface area is 220 Å². The molecule has 9 nitrogen and oxygen atoms in total. The lowest BCUT2D eigenvalue weighted by Gasteiger charge is -2.27. The van der Waals surface area contributed by atoms with Crippen molar-refractivity contribution >= 4 is 45.5 Å². The number of carbonyl (C=O) groups is 4. The van der Waals surface area contributed by atoms with Gasteiger partial charge in [-0.25, -0.2) is 0 Å². The number of nitrogens with zero attached hydrogens (tertiary/aromatic N) is 1. The second-order valence-electron chi connectivity index (χ2n) is 9.01. The molecule has 4 amide bonds. The van der Waals surface area contributed by atoms with E-state index in [1.54, 1.807) is 24.3 Å². The summed E-state index contributed by atoms with van der Waals surface area (Å²) >= 11 is 1.05. The molecule has 1 saturated heterocycles. The number of carbonyl (C=O) groups excluding carboxylic acids is 4. The van der Waals surface area contributed by atoms with Gasteiger partial charge in [-0.05, 0) is 49.6 Å². The monoisotopic (exact) mass is 544 g/mol. The molecule has 2 aromatic carbocycles. The normalized spacial score (nSPS) is 17.8. The summed E-state index contributed by atoms with van der Waals surface area (Å²) in [5, 5.41) is 2.18. The van der Waals surface area contributed by atoms with Crippen molar-refractivity contribution in [3.63, 3.8) is 0 Å². The van der Waals surface area contributed by atoms with Crippen molar-refractivity contribution in [1.29, 1.82) is 0 Å². The summed E-state index contributed by atoms with van der Waals surface area (Å²) in [6.07, 6.45) is 3.59. The Morgan fingerprint density at radius 2 is 1.81 bits per heavy atom. The van der Waals surface area contributed by atoms with Gasteiger partial charge >= 0.3 is 0 Å². The molecule has 0 bridgehead atoms. The summed E-state index contributed by atoms with van der Waals surface area (Å²) in [5.41, 5.74) is 1.04. The maximum atomic E-state index is 13.4. The van der Waals surface area contributed by atoms with Crippen LogP contribution in [-0.2, 0) is 23.9 Å². The maximum absolute atomic E-state index is 13.4. The van der Waals surface area contributed by atoms with E-state index in [-0.39, 0.29) is 35.5 Å². The number of benzene rings is 2. The Balaban J connectivity index is 1.63. The molecular weight excluding hydrogens is 516 g/mol. The predicted octanol–water partition coefficient (Wildman–Crippen LogP) is 3.83. The van der Waals surface area contributed by atoms with E-state index in [1.807, 2.05) is 6.92 Å². The molecule has 4 rings (SSSR count). The Kier molecular flexibility index (Phi) is 8.15. The topological polar surface area (TPSA) is 127 Å². The number of fused-ring (bicyclic) bond motifs is 1. The van der Waals surface area contributed by atoms with Crippen LogP contribution in [0.3, 0.4) is 0 Å². The number of piperidine rings is 1. The fourth-order valence-corrected chi connectivity index (χ4v) is 6.88. The van der Waals surface area contributed by atoms with Crippen LogP contribution in [-0.4, -0.2) is 49.6 Å². The molecule has 2 aromatic rings. The molecule has 37 heavy (non-hydrogen) atoms. The maximum Gasteiger partial charge on any atom is 0.298 e. The van der Waals surface area contributed by atoms with Gasteiger partial charge in [0, 0.05) is 16.2 Å². The fraction of sp³-hybridized carbons (Fsp3) is 0.385. The second-order valence-corrected chi connectivity index (χ2v) is 11.7. The van der Waals surface area contributed by atoms with Gasteiger partial charge in [0.25, 0.3) is 21.9 Å². The summed E-state index contributed by atoms with van der Waals surface area (Å²) in [4.78, 5) is 52.1. The molecule has 1 atom stereocenters. The van der Waals surface area contributed by atoms with Crippen LogP contribution in [0.5, 0.6) is 0 Å². The lowest BCUT2D eigenvalue weighted by Crippen LogP contribution is -2.54. The predicted molar refractivity (Wildman–Crippen MR) is 136 cm³/mol. The van der Waals surface area contributed by atoms with E-state index in [2.05, 4.69) is 12.2 Å². The first-order valence-electron chi connectivity index (χ1n) is 12.2. The summed E-state index contributed by atoms with van der Waals surface area (Å²) in [6, 6.07) is 8.49. The molecule has 2 aliphatic rings. The van der Waals surface area contributed by atoms with Crippen LogP contribution in [0.2, 0.25) is 0 Å². The summed E-state index contributed by atoms with van der Waals surface area (Å²) in [5.74, 6) is -2.41. The fourth-order valence-electron chi connectivity index (χ4n) is 4.35. The van der Waals surface area contributed by atoms with Crippen molar-refractivity contribution in [3.8, 4) is 0 Å². The molecule has 0 saturated carbocycles. The van der Waals surface area contributed by atoms with Gasteiger partial charge in [0.2, 0.25) is 11.8 Å². The molecule has 1 unspecified atom stereocenters. The quantitative estimate of drug-likeness (QED) is 0.272. The molecule has 1 fully saturated rings. The van der Waals surface area contributed by atoms with Crippen LogP contribution in [0.1, 0.15) is 71.7 Å². The highest BCUT2D eigenvalue weighted by Gasteiger charge is 2.45. The van der Waals surface area contributed by atoms with E-state index in [0.29, 0.717) is 16.2 Å². The third-order valence-electron chi connectivity index (χ3n) is 6.25. The largest absolute Gasteiger partial charge is 0.298 e. The van der Waals surface area contributed by atoms with Gasteiger partial charge in [-0.1, -0.05) is 50.1 Å². The van der Waals surface area contributed by atoms with E-state index < -0.39 is 39.8 Å². The second kappa shape index (κ2) is 11.2. The number of nitrogens with one attached hydrogen (secondary N) is 1. The molecule has 196 valence electrons. The molecule has 0 aliphatic carbocycles. The number of imide groups is 2. The smallest absolute Gasteiger partial charge is 0.295 e. The van der Waals surface area contributed by atoms with Gasteiger partial charge < -0.3 is 0 Å². The minimum absolute atomic E-state index is 0.0185. The van der Waals surface area contributed by atoms with Crippen molar-refractivity contribution < 1.29 is 31.8 Å². The minimum Gasteiger partial charge on any atom is -0.295 e. The van der Waals surface area contributed by atoms with E-state index in [0.717, 1.165) is 41.5 Å². The van der Waals surface area contributed by atoms with Crippen molar-refractivity contribution in [2.45, 2.75) is 73.1 Å². The molecule has 2 aliphatic heterocycles. The van der Waals surface area contributed by atoms with Crippen molar-refractivity contribution in [3.05, 3.63) is 53.1 Å². The zero-order valence-corrected chi connectivity index (χ0v) is 22.2. The zero-order valence-electron chi connectivity index (χ0n) is 20.6. The lowest BCUT2D eigenvalue weighted by atomic mass is 10.0. The van der Waals surface area contributed by atoms with E-state index >= 15 is 0 Å². The van der Waals surface area contributed by atoms with Gasteiger partial charge in [-0.2, -0.15) is 8.42 Å². The van der Waals surface area contributed by atoms with Crippen LogP contribution in [0.25, 0.3) is 0 Å². The van der Waals surface area contributed by atoms with Crippen molar-refractivity contribution in [2.75, 3.05) is 6.61 Å². The average molecular weight is 545 g/mol. The molecule has 0 radical (unpaired) electrons. The molecule has 0 aromatic heterocycles. The van der Waals surface area contributed by atoms with Crippen molar-refractivity contribution in [2.24, 2.45) is 0 Å². The Morgan fingerprint density at radius 1 is 1.03 bits per heavy atom. The molecule has 2 heterocycles. The van der Waals surface area contributed by atoms with Crippen LogP contribution in [0.4, 0.5) is 0 Å². The molecule has 11 heteroatoms. The van der Waals surface area contributed by atoms with Crippen LogP contribution < -0.4 is 5.32 Å². The first-order valence-corrected chi connectivity index (χ1v) is 14.4. The summed E-state index contributed by atoms with van der Waals surface area (Å²) in [7, 11) is -4.06. The SMILES string of the molecule is CCCCCCOS(=O)(=O)c1ccc(C)cc1Sc1cccc2c1C(=O)N(C1CCC(=O)NC1=O)C2=O. The first-order chi connectivity index (χ1) is 17.6. The number of amides is 4. The summed E-state index contributed by atoms with van der Waals surface area (Å²) < 4.78 is 31.3. The molecule has 1 N–H and O–H groups in total. The average Bonchev–Trinajstić information content (AvgIpc) is 3.09.